The van der Waals surface area contributed by atoms with Crippen LogP contribution in [-0.2, 0) is 0 Å². The molecule has 3 rings (SSSR count). The van der Waals surface area contributed by atoms with E-state index in [0.29, 0.717) is 11.4 Å². The molecule has 3 aromatic rings. The summed E-state index contributed by atoms with van der Waals surface area (Å²) < 4.78 is 0. The molecule has 1 aromatic heterocycles. The number of rotatable bonds is 6. The molecule has 0 amide bonds. The number of allylic oxidation sites excluding steroid dienone is 1. The average molecular weight is 329 g/mol. The third-order valence-corrected chi connectivity index (χ3v) is 3.70. The number of nitriles is 1. The summed E-state index contributed by atoms with van der Waals surface area (Å²) in [5.74, 6) is 1.41. The molecule has 0 aliphatic rings. The zero-order valence-electron chi connectivity index (χ0n) is 14.0. The van der Waals surface area contributed by atoms with Gasteiger partial charge in [-0.25, -0.2) is 9.97 Å². The second-order valence-corrected chi connectivity index (χ2v) is 5.49. The van der Waals surface area contributed by atoms with E-state index in [0.717, 1.165) is 35.4 Å². The lowest BCUT2D eigenvalue weighted by atomic mass is 10.1. The van der Waals surface area contributed by atoms with Gasteiger partial charge in [0.2, 0.25) is 0 Å². The van der Waals surface area contributed by atoms with Crippen LogP contribution in [0.5, 0.6) is 0 Å². The lowest BCUT2D eigenvalue weighted by molar-refractivity contribution is 0.865. The molecule has 0 aliphatic heterocycles. The Hall–Kier alpha value is -3.39. The van der Waals surface area contributed by atoms with Crippen LogP contribution in [0.15, 0.2) is 60.8 Å². The number of aromatic nitrogens is 2. The summed E-state index contributed by atoms with van der Waals surface area (Å²) in [5, 5.41) is 16.7. The number of nitrogens with zero attached hydrogens (tertiary/aromatic N) is 3. The molecule has 25 heavy (non-hydrogen) atoms. The minimum Gasteiger partial charge on any atom is -0.389 e. The summed E-state index contributed by atoms with van der Waals surface area (Å²) in [6.07, 6.45) is 3.87. The molecule has 0 atom stereocenters. The van der Waals surface area contributed by atoms with Crippen LogP contribution in [0.1, 0.15) is 12.5 Å². The molecule has 5 heteroatoms. The van der Waals surface area contributed by atoms with E-state index in [4.69, 9.17) is 5.26 Å². The van der Waals surface area contributed by atoms with Gasteiger partial charge in [-0.15, -0.1) is 0 Å². The molecule has 124 valence electrons. The third-order valence-electron chi connectivity index (χ3n) is 3.70. The predicted octanol–water partition coefficient (Wildman–Crippen LogP) is 3.70. The molecular formula is C20H19N5. The fourth-order valence-electron chi connectivity index (χ4n) is 2.52. The van der Waals surface area contributed by atoms with Crippen molar-refractivity contribution in [3.8, 4) is 17.5 Å². The van der Waals surface area contributed by atoms with Crippen molar-refractivity contribution in [1.29, 1.82) is 5.26 Å². The van der Waals surface area contributed by atoms with Crippen LogP contribution in [0.25, 0.3) is 22.3 Å². The molecule has 5 nitrogen and oxygen atoms in total. The number of hydrogen-bond donors (Lipinski definition) is 2. The lowest BCUT2D eigenvalue weighted by Gasteiger charge is -2.11. The molecule has 0 spiro atoms. The van der Waals surface area contributed by atoms with Crippen molar-refractivity contribution in [3.05, 3.63) is 66.4 Å². The molecule has 0 saturated carbocycles. The van der Waals surface area contributed by atoms with Gasteiger partial charge < -0.3 is 10.6 Å². The van der Waals surface area contributed by atoms with Crippen molar-refractivity contribution in [2.24, 2.45) is 0 Å². The number of para-hydroxylation sites is 1. The lowest BCUT2D eigenvalue weighted by Crippen LogP contribution is -2.18. The fraction of sp³-hybridized carbons (Fsp3) is 0.150. The molecule has 1 heterocycles. The van der Waals surface area contributed by atoms with Crippen LogP contribution >= 0.6 is 0 Å². The van der Waals surface area contributed by atoms with Crippen molar-refractivity contribution < 1.29 is 0 Å². The zero-order valence-corrected chi connectivity index (χ0v) is 14.0. The number of anilines is 1. The van der Waals surface area contributed by atoms with Crippen molar-refractivity contribution in [2.75, 3.05) is 18.4 Å². The van der Waals surface area contributed by atoms with Crippen molar-refractivity contribution in [1.82, 2.24) is 15.3 Å². The molecule has 0 unspecified atom stereocenters. The van der Waals surface area contributed by atoms with E-state index in [-0.39, 0.29) is 0 Å². The van der Waals surface area contributed by atoms with E-state index in [2.05, 4.69) is 26.7 Å². The molecular weight excluding hydrogens is 310 g/mol. The van der Waals surface area contributed by atoms with Gasteiger partial charge >= 0.3 is 0 Å². The van der Waals surface area contributed by atoms with Crippen LogP contribution in [0.4, 0.5) is 5.82 Å². The zero-order chi connectivity index (χ0) is 17.5. The Bertz CT molecular complexity index is 940. The van der Waals surface area contributed by atoms with Gasteiger partial charge in [0, 0.05) is 24.0 Å². The normalized spacial score (nSPS) is 10.7. The smallest absolute Gasteiger partial charge is 0.162 e. The maximum Gasteiger partial charge on any atom is 0.162 e. The summed E-state index contributed by atoms with van der Waals surface area (Å²) in [6.45, 7) is 3.50. The number of fused-ring (bicyclic) bond motifs is 1. The number of nitrogens with one attached hydrogen (secondary N) is 2. The Balaban J connectivity index is 1.95. The van der Waals surface area contributed by atoms with Gasteiger partial charge in [-0.3, -0.25) is 0 Å². The minimum absolute atomic E-state index is 0.597. The van der Waals surface area contributed by atoms with E-state index in [1.54, 1.807) is 6.07 Å². The van der Waals surface area contributed by atoms with Gasteiger partial charge in [0.25, 0.3) is 0 Å². The van der Waals surface area contributed by atoms with Crippen molar-refractivity contribution in [2.45, 2.75) is 6.92 Å². The van der Waals surface area contributed by atoms with E-state index < -0.39 is 0 Å². The third kappa shape index (κ3) is 3.93. The topological polar surface area (TPSA) is 73.6 Å². The van der Waals surface area contributed by atoms with E-state index in [9.17, 15) is 0 Å². The van der Waals surface area contributed by atoms with Crippen molar-refractivity contribution in [3.63, 3.8) is 0 Å². The highest BCUT2D eigenvalue weighted by atomic mass is 15.0. The molecule has 0 bridgehead atoms. The van der Waals surface area contributed by atoms with Crippen molar-refractivity contribution >= 4 is 16.7 Å². The van der Waals surface area contributed by atoms with Gasteiger partial charge in [0.05, 0.1) is 17.1 Å². The van der Waals surface area contributed by atoms with Gasteiger partial charge in [0.15, 0.2) is 5.82 Å². The maximum atomic E-state index is 9.11. The first kappa shape index (κ1) is 16.5. The van der Waals surface area contributed by atoms with Crippen LogP contribution in [0.3, 0.4) is 0 Å². The Morgan fingerprint density at radius 1 is 1.08 bits per heavy atom. The predicted molar refractivity (Wildman–Crippen MR) is 101 cm³/mol. The van der Waals surface area contributed by atoms with Gasteiger partial charge in [-0.1, -0.05) is 30.3 Å². The highest BCUT2D eigenvalue weighted by molar-refractivity contribution is 5.90. The minimum atomic E-state index is 0.597. The summed E-state index contributed by atoms with van der Waals surface area (Å²) in [4.78, 5) is 9.34. The largest absolute Gasteiger partial charge is 0.389 e. The highest BCUT2D eigenvalue weighted by Gasteiger charge is 2.09. The molecule has 0 radical (unpaired) electrons. The van der Waals surface area contributed by atoms with E-state index in [1.165, 1.54) is 0 Å². The molecule has 2 N–H and O–H groups in total. The first-order chi connectivity index (χ1) is 12.3. The average Bonchev–Trinajstić information content (AvgIpc) is 2.67. The molecule has 0 aliphatic carbocycles. The summed E-state index contributed by atoms with van der Waals surface area (Å²) >= 11 is 0. The Labute approximate surface area is 147 Å². The Kier molecular flexibility index (Phi) is 5.22. The SMILES string of the molecule is C/C=C/NCCNc1nc(-c2cccc(C#N)c2)nc2ccccc12. The Morgan fingerprint density at radius 2 is 1.96 bits per heavy atom. The first-order valence-corrected chi connectivity index (χ1v) is 8.17. The highest BCUT2D eigenvalue weighted by Crippen LogP contribution is 2.25. The quantitative estimate of drug-likeness (QED) is 0.675. The fourth-order valence-corrected chi connectivity index (χ4v) is 2.52. The van der Waals surface area contributed by atoms with Gasteiger partial charge in [-0.05, 0) is 37.4 Å². The first-order valence-electron chi connectivity index (χ1n) is 8.17. The van der Waals surface area contributed by atoms with Crippen LogP contribution < -0.4 is 10.6 Å². The van der Waals surface area contributed by atoms with E-state index >= 15 is 0 Å². The summed E-state index contributed by atoms with van der Waals surface area (Å²) in [6, 6.07) is 17.4. The second kappa shape index (κ2) is 7.93. The van der Waals surface area contributed by atoms with Crippen LogP contribution in [0.2, 0.25) is 0 Å². The van der Waals surface area contributed by atoms with Crippen LogP contribution in [0, 0.1) is 11.3 Å². The number of benzene rings is 2. The summed E-state index contributed by atoms with van der Waals surface area (Å²) in [5.41, 5.74) is 2.30. The van der Waals surface area contributed by atoms with E-state index in [1.807, 2.05) is 61.7 Å². The second-order valence-electron chi connectivity index (χ2n) is 5.49. The molecule has 2 aromatic carbocycles. The van der Waals surface area contributed by atoms with Gasteiger partial charge in [0.1, 0.15) is 5.82 Å². The van der Waals surface area contributed by atoms with Gasteiger partial charge in [-0.2, -0.15) is 5.26 Å². The maximum absolute atomic E-state index is 9.11. The number of hydrogen-bond acceptors (Lipinski definition) is 5. The Morgan fingerprint density at radius 3 is 2.80 bits per heavy atom. The molecule has 0 saturated heterocycles. The standard InChI is InChI=1S/C20H19N5/c1-2-10-22-11-12-23-20-17-8-3-4-9-18(17)24-19(25-20)16-7-5-6-15(13-16)14-21/h2-10,13,22H,11-12H2,1H3,(H,23,24,25)/b10-2+. The summed E-state index contributed by atoms with van der Waals surface area (Å²) in [7, 11) is 0. The monoisotopic (exact) mass is 329 g/mol. The molecule has 0 fully saturated rings. The van der Waals surface area contributed by atoms with Crippen LogP contribution in [-0.4, -0.2) is 23.1 Å².